The highest BCUT2D eigenvalue weighted by atomic mass is 16.5. The van der Waals surface area contributed by atoms with Gasteiger partial charge in [-0.05, 0) is 12.1 Å². The van der Waals surface area contributed by atoms with Gasteiger partial charge in [-0.25, -0.2) is 14.8 Å². The lowest BCUT2D eigenvalue weighted by atomic mass is 10.1. The molecule has 0 unspecified atom stereocenters. The van der Waals surface area contributed by atoms with Gasteiger partial charge >= 0.3 is 5.97 Å². The number of carbonyl (C=O) groups excluding carboxylic acids is 1. The third-order valence-electron chi connectivity index (χ3n) is 3.17. The topological polar surface area (TPSA) is 72.3 Å². The monoisotopic (exact) mass is 280 g/mol. The summed E-state index contributed by atoms with van der Waals surface area (Å²) < 4.78 is 4.58. The largest absolute Gasteiger partial charge is 0.505 e. The molecule has 3 aromatic rings. The Morgan fingerprint density at radius 3 is 2.62 bits per heavy atom. The number of hydrogen-bond donors (Lipinski definition) is 1. The van der Waals surface area contributed by atoms with Gasteiger partial charge < -0.3 is 9.84 Å². The molecule has 1 N–H and O–H groups in total. The first-order valence-corrected chi connectivity index (χ1v) is 6.33. The Morgan fingerprint density at radius 1 is 1.14 bits per heavy atom. The molecule has 0 atom stereocenters. The first-order valence-electron chi connectivity index (χ1n) is 6.33. The molecule has 2 aromatic heterocycles. The Labute approximate surface area is 120 Å². The number of pyridine rings is 2. The molecule has 5 heteroatoms. The minimum Gasteiger partial charge on any atom is -0.505 e. The van der Waals surface area contributed by atoms with Gasteiger partial charge in [-0.1, -0.05) is 30.3 Å². The first-order chi connectivity index (χ1) is 10.2. The Morgan fingerprint density at radius 2 is 1.90 bits per heavy atom. The molecule has 0 fully saturated rings. The van der Waals surface area contributed by atoms with Crippen molar-refractivity contribution in [2.75, 3.05) is 7.11 Å². The number of rotatable bonds is 2. The Kier molecular flexibility index (Phi) is 3.23. The predicted molar refractivity (Wildman–Crippen MR) is 78.0 cm³/mol. The summed E-state index contributed by atoms with van der Waals surface area (Å²) >= 11 is 0. The van der Waals surface area contributed by atoms with Crippen molar-refractivity contribution in [1.82, 2.24) is 9.97 Å². The van der Waals surface area contributed by atoms with E-state index in [0.717, 1.165) is 11.3 Å². The lowest BCUT2D eigenvalue weighted by Gasteiger charge is -2.07. The molecule has 2 heterocycles. The van der Waals surface area contributed by atoms with Gasteiger partial charge in [0, 0.05) is 10.9 Å². The van der Waals surface area contributed by atoms with Crippen molar-refractivity contribution < 1.29 is 14.6 Å². The molecule has 0 amide bonds. The van der Waals surface area contributed by atoms with Crippen LogP contribution < -0.4 is 0 Å². The van der Waals surface area contributed by atoms with E-state index >= 15 is 0 Å². The van der Waals surface area contributed by atoms with Gasteiger partial charge in [0.2, 0.25) is 0 Å². The molecule has 3 rings (SSSR count). The molecule has 104 valence electrons. The number of ether oxygens (including phenoxy) is 1. The van der Waals surface area contributed by atoms with Gasteiger partial charge in [0.1, 0.15) is 0 Å². The maximum Gasteiger partial charge on any atom is 0.360 e. The van der Waals surface area contributed by atoms with Crippen LogP contribution in [0.1, 0.15) is 10.5 Å². The highest BCUT2D eigenvalue weighted by molar-refractivity contribution is 5.98. The van der Waals surface area contributed by atoms with Crippen LogP contribution in [0.2, 0.25) is 0 Å². The summed E-state index contributed by atoms with van der Waals surface area (Å²) in [5, 5.41) is 10.6. The zero-order valence-corrected chi connectivity index (χ0v) is 11.3. The molecule has 5 nitrogen and oxygen atoms in total. The summed E-state index contributed by atoms with van der Waals surface area (Å²) in [6.07, 6.45) is 1.45. The van der Waals surface area contributed by atoms with Crippen molar-refractivity contribution in [2.24, 2.45) is 0 Å². The van der Waals surface area contributed by atoms with E-state index < -0.39 is 5.97 Å². The van der Waals surface area contributed by atoms with Crippen LogP contribution in [0.4, 0.5) is 0 Å². The fraction of sp³-hybridized carbons (Fsp3) is 0.0625. The van der Waals surface area contributed by atoms with E-state index in [-0.39, 0.29) is 11.4 Å². The van der Waals surface area contributed by atoms with E-state index in [1.807, 2.05) is 30.3 Å². The second-order valence-corrected chi connectivity index (χ2v) is 4.44. The minimum atomic E-state index is -0.679. The summed E-state index contributed by atoms with van der Waals surface area (Å²) in [6, 6.07) is 13.2. The van der Waals surface area contributed by atoms with Crippen molar-refractivity contribution in [3.8, 4) is 17.0 Å². The number of esters is 1. The fourth-order valence-corrected chi connectivity index (χ4v) is 2.10. The standard InChI is InChI=1S/C16H12N2O3/c1-21-16(20)14-15(19)11-7-8-12(18-13(11)9-17-14)10-5-3-2-4-6-10/h2-9,19H,1H3. The number of nitrogens with zero attached hydrogens (tertiary/aromatic N) is 2. The zero-order chi connectivity index (χ0) is 14.8. The highest BCUT2D eigenvalue weighted by Gasteiger charge is 2.16. The third kappa shape index (κ3) is 2.29. The van der Waals surface area contributed by atoms with Crippen LogP contribution >= 0.6 is 0 Å². The van der Waals surface area contributed by atoms with Crippen molar-refractivity contribution in [3.63, 3.8) is 0 Å². The molecular formula is C16H12N2O3. The van der Waals surface area contributed by atoms with Crippen molar-refractivity contribution >= 4 is 16.9 Å². The number of fused-ring (bicyclic) bond motifs is 1. The van der Waals surface area contributed by atoms with E-state index in [4.69, 9.17) is 0 Å². The van der Waals surface area contributed by atoms with E-state index in [2.05, 4.69) is 14.7 Å². The SMILES string of the molecule is COC(=O)c1ncc2nc(-c3ccccc3)ccc2c1O. The average Bonchev–Trinajstić information content (AvgIpc) is 2.55. The van der Waals surface area contributed by atoms with Crippen LogP contribution in [0.5, 0.6) is 5.75 Å². The number of benzene rings is 1. The third-order valence-corrected chi connectivity index (χ3v) is 3.17. The van der Waals surface area contributed by atoms with E-state index in [1.54, 1.807) is 12.1 Å². The molecule has 0 bridgehead atoms. The molecule has 0 aliphatic rings. The average molecular weight is 280 g/mol. The first kappa shape index (κ1) is 13.1. The number of hydrogen-bond acceptors (Lipinski definition) is 5. The molecular weight excluding hydrogens is 268 g/mol. The zero-order valence-electron chi connectivity index (χ0n) is 11.3. The molecule has 21 heavy (non-hydrogen) atoms. The molecule has 0 saturated carbocycles. The molecule has 0 spiro atoms. The van der Waals surface area contributed by atoms with Crippen LogP contribution in [0.15, 0.2) is 48.7 Å². The summed E-state index contributed by atoms with van der Waals surface area (Å²) in [5.74, 6) is -0.895. The van der Waals surface area contributed by atoms with E-state index in [9.17, 15) is 9.90 Å². The van der Waals surface area contributed by atoms with Crippen molar-refractivity contribution in [2.45, 2.75) is 0 Å². The van der Waals surface area contributed by atoms with Gasteiger partial charge in [0.15, 0.2) is 11.4 Å². The Hall–Kier alpha value is -2.95. The van der Waals surface area contributed by atoms with Gasteiger partial charge in [-0.15, -0.1) is 0 Å². The quantitative estimate of drug-likeness (QED) is 0.731. The van der Waals surface area contributed by atoms with Crippen LogP contribution in [0.3, 0.4) is 0 Å². The van der Waals surface area contributed by atoms with Crippen molar-refractivity contribution in [3.05, 3.63) is 54.4 Å². The molecule has 0 aliphatic carbocycles. The summed E-state index contributed by atoms with van der Waals surface area (Å²) in [6.45, 7) is 0. The van der Waals surface area contributed by atoms with Gasteiger partial charge in [-0.2, -0.15) is 0 Å². The molecule has 0 radical (unpaired) electrons. The molecule has 1 aromatic carbocycles. The van der Waals surface area contributed by atoms with Crippen molar-refractivity contribution in [1.29, 1.82) is 0 Å². The normalized spacial score (nSPS) is 10.5. The minimum absolute atomic E-state index is 0.112. The lowest BCUT2D eigenvalue weighted by Crippen LogP contribution is -2.04. The second-order valence-electron chi connectivity index (χ2n) is 4.44. The number of aromatic nitrogens is 2. The lowest BCUT2D eigenvalue weighted by molar-refractivity contribution is 0.0591. The molecule has 0 saturated heterocycles. The Bertz CT molecular complexity index is 816. The van der Waals surface area contributed by atoms with Gasteiger partial charge in [0.25, 0.3) is 0 Å². The van der Waals surface area contributed by atoms with E-state index in [0.29, 0.717) is 10.9 Å². The van der Waals surface area contributed by atoms with E-state index in [1.165, 1.54) is 13.3 Å². The van der Waals surface area contributed by atoms with Crippen LogP contribution in [-0.2, 0) is 4.74 Å². The smallest absolute Gasteiger partial charge is 0.360 e. The summed E-state index contributed by atoms with van der Waals surface area (Å²) in [7, 11) is 1.24. The predicted octanol–water partition coefficient (Wildman–Crippen LogP) is 2.79. The maximum atomic E-state index is 11.5. The number of methoxy groups -OCH3 is 1. The molecule has 0 aliphatic heterocycles. The second kappa shape index (κ2) is 5.20. The van der Waals surface area contributed by atoms with Crippen LogP contribution in [0.25, 0.3) is 22.2 Å². The summed E-state index contributed by atoms with van der Waals surface area (Å²) in [5.41, 5.74) is 2.15. The summed E-state index contributed by atoms with van der Waals surface area (Å²) in [4.78, 5) is 19.9. The van der Waals surface area contributed by atoms with Gasteiger partial charge in [-0.3, -0.25) is 0 Å². The van der Waals surface area contributed by atoms with Crippen LogP contribution in [0, 0.1) is 0 Å². The van der Waals surface area contributed by atoms with Gasteiger partial charge in [0.05, 0.1) is 24.5 Å². The number of aromatic hydroxyl groups is 1. The number of carbonyl (C=O) groups is 1. The Balaban J connectivity index is 2.15. The maximum absolute atomic E-state index is 11.5. The van der Waals surface area contributed by atoms with Crippen LogP contribution in [-0.4, -0.2) is 28.2 Å². The fourth-order valence-electron chi connectivity index (χ4n) is 2.10. The highest BCUT2D eigenvalue weighted by Crippen LogP contribution is 2.28.